The minimum absolute atomic E-state index is 0.0330. The molecule has 3 N–H and O–H groups in total. The Balaban J connectivity index is 2.04. The summed E-state index contributed by atoms with van der Waals surface area (Å²) in [6, 6.07) is 11.3. The molecule has 4 nitrogen and oxygen atoms in total. The van der Waals surface area contributed by atoms with Gasteiger partial charge in [-0.3, -0.25) is 0 Å². The van der Waals surface area contributed by atoms with Gasteiger partial charge < -0.3 is 15.7 Å². The van der Waals surface area contributed by atoms with Gasteiger partial charge in [0.1, 0.15) is 18.2 Å². The summed E-state index contributed by atoms with van der Waals surface area (Å²) in [6.07, 6.45) is 0. The number of nitrogens with two attached hydrogens (primary N) is 1. The smallest absolute Gasteiger partial charge is 0.170 e. The third-order valence-electron chi connectivity index (χ3n) is 2.59. The predicted molar refractivity (Wildman–Crippen MR) is 77.4 cm³/mol. The predicted octanol–water partition coefficient (Wildman–Crippen LogP) is 3.26. The Morgan fingerprint density at radius 3 is 2.55 bits per heavy atom. The number of nitrogens with zero attached hydrogens (tertiary/aromatic N) is 1. The molecule has 0 spiro atoms. The van der Waals surface area contributed by atoms with E-state index in [-0.39, 0.29) is 18.3 Å². The second kappa shape index (κ2) is 6.38. The monoisotopic (exact) mass is 338 g/mol. The van der Waals surface area contributed by atoms with Crippen LogP contribution < -0.4 is 10.5 Å². The molecule has 0 amide bonds. The van der Waals surface area contributed by atoms with Gasteiger partial charge in [0.2, 0.25) is 0 Å². The molecule has 2 aromatic carbocycles. The fourth-order valence-corrected chi connectivity index (χ4v) is 2.15. The van der Waals surface area contributed by atoms with Crippen LogP contribution in [-0.2, 0) is 6.61 Å². The Bertz CT molecular complexity index is 609. The van der Waals surface area contributed by atoms with Crippen molar-refractivity contribution in [1.29, 1.82) is 0 Å². The van der Waals surface area contributed by atoms with Crippen LogP contribution in [0.1, 0.15) is 11.1 Å². The quantitative estimate of drug-likeness (QED) is 0.389. The Labute approximate surface area is 123 Å². The van der Waals surface area contributed by atoms with Gasteiger partial charge in [-0.25, -0.2) is 4.39 Å². The summed E-state index contributed by atoms with van der Waals surface area (Å²) in [5.41, 5.74) is 6.77. The summed E-state index contributed by atoms with van der Waals surface area (Å²) in [6.45, 7) is 0.249. The highest BCUT2D eigenvalue weighted by molar-refractivity contribution is 9.10. The number of ether oxygens (including phenoxy) is 1. The van der Waals surface area contributed by atoms with Crippen LogP contribution >= 0.6 is 15.9 Å². The highest BCUT2D eigenvalue weighted by Gasteiger charge is 2.02. The minimum atomic E-state index is -0.319. The maximum Gasteiger partial charge on any atom is 0.170 e. The van der Waals surface area contributed by atoms with Crippen molar-refractivity contribution in [2.24, 2.45) is 10.9 Å². The number of halogens is 2. The normalized spacial score (nSPS) is 11.4. The molecule has 2 aromatic rings. The van der Waals surface area contributed by atoms with Crippen molar-refractivity contribution in [2.45, 2.75) is 6.61 Å². The molecule has 104 valence electrons. The molecule has 0 saturated carbocycles. The van der Waals surface area contributed by atoms with Crippen LogP contribution in [0.4, 0.5) is 4.39 Å². The van der Waals surface area contributed by atoms with Crippen LogP contribution in [-0.4, -0.2) is 11.0 Å². The summed E-state index contributed by atoms with van der Waals surface area (Å²) in [7, 11) is 0. The van der Waals surface area contributed by atoms with Gasteiger partial charge in [0.05, 0.1) is 0 Å². The third-order valence-corrected chi connectivity index (χ3v) is 3.04. The van der Waals surface area contributed by atoms with E-state index in [0.717, 1.165) is 5.56 Å². The summed E-state index contributed by atoms with van der Waals surface area (Å²) < 4.78 is 19.4. The van der Waals surface area contributed by atoms with Crippen molar-refractivity contribution in [3.8, 4) is 5.75 Å². The molecule has 20 heavy (non-hydrogen) atoms. The SMILES string of the molecule is NC(=NO)c1ccc(OCc2cc(F)cc(Br)c2)cc1. The number of hydrogen-bond acceptors (Lipinski definition) is 3. The Kier molecular flexibility index (Phi) is 4.57. The summed E-state index contributed by atoms with van der Waals surface area (Å²) in [5, 5.41) is 11.5. The van der Waals surface area contributed by atoms with Crippen LogP contribution in [0, 0.1) is 5.82 Å². The number of amidine groups is 1. The molecule has 6 heteroatoms. The lowest BCUT2D eigenvalue weighted by Gasteiger charge is -2.07. The lowest BCUT2D eigenvalue weighted by atomic mass is 10.2. The Morgan fingerprint density at radius 2 is 1.95 bits per heavy atom. The van der Waals surface area contributed by atoms with Crippen molar-refractivity contribution in [3.63, 3.8) is 0 Å². The molecule has 0 bridgehead atoms. The molecule has 0 radical (unpaired) electrons. The van der Waals surface area contributed by atoms with Crippen molar-refractivity contribution in [1.82, 2.24) is 0 Å². The third kappa shape index (κ3) is 3.71. The van der Waals surface area contributed by atoms with E-state index in [0.29, 0.717) is 15.8 Å². The molecule has 2 rings (SSSR count). The molecule has 0 unspecified atom stereocenters. The minimum Gasteiger partial charge on any atom is -0.489 e. The highest BCUT2D eigenvalue weighted by Crippen LogP contribution is 2.18. The molecular weight excluding hydrogens is 327 g/mol. The molecule has 0 saturated heterocycles. The van der Waals surface area contributed by atoms with Crippen LogP contribution in [0.25, 0.3) is 0 Å². The molecule has 0 aromatic heterocycles. The topological polar surface area (TPSA) is 67.8 Å². The number of hydrogen-bond donors (Lipinski definition) is 2. The summed E-state index contributed by atoms with van der Waals surface area (Å²) in [5.74, 6) is 0.325. The van der Waals surface area contributed by atoms with Gasteiger partial charge in [-0.15, -0.1) is 0 Å². The zero-order valence-corrected chi connectivity index (χ0v) is 12.0. The van der Waals surface area contributed by atoms with Crippen LogP contribution in [0.3, 0.4) is 0 Å². The maximum atomic E-state index is 13.2. The van der Waals surface area contributed by atoms with Crippen LogP contribution in [0.5, 0.6) is 5.75 Å². The second-order valence-electron chi connectivity index (χ2n) is 4.08. The fraction of sp³-hybridized carbons (Fsp3) is 0.0714. The van der Waals surface area contributed by atoms with E-state index < -0.39 is 0 Å². The number of rotatable bonds is 4. The summed E-state index contributed by atoms with van der Waals surface area (Å²) in [4.78, 5) is 0. The second-order valence-corrected chi connectivity index (χ2v) is 4.99. The molecular formula is C14H12BrFN2O2. The van der Waals surface area contributed by atoms with Crippen LogP contribution in [0.15, 0.2) is 52.1 Å². The first-order chi connectivity index (χ1) is 9.58. The average molecular weight is 339 g/mol. The lowest BCUT2D eigenvalue weighted by Crippen LogP contribution is -2.12. The number of benzene rings is 2. The van der Waals surface area contributed by atoms with E-state index in [1.54, 1.807) is 30.3 Å². The summed E-state index contributed by atoms with van der Waals surface area (Å²) >= 11 is 3.23. The first kappa shape index (κ1) is 14.3. The van der Waals surface area contributed by atoms with Gasteiger partial charge in [0.15, 0.2) is 5.84 Å². The first-order valence-electron chi connectivity index (χ1n) is 5.74. The average Bonchev–Trinajstić information content (AvgIpc) is 2.44. The Hall–Kier alpha value is -2.08. The van der Waals surface area contributed by atoms with Gasteiger partial charge in [0.25, 0.3) is 0 Å². The maximum absolute atomic E-state index is 13.2. The van der Waals surface area contributed by atoms with Gasteiger partial charge in [-0.2, -0.15) is 0 Å². The number of oxime groups is 1. The van der Waals surface area contributed by atoms with Gasteiger partial charge in [0, 0.05) is 10.0 Å². The van der Waals surface area contributed by atoms with Gasteiger partial charge >= 0.3 is 0 Å². The van der Waals surface area contributed by atoms with Crippen molar-refractivity contribution >= 4 is 21.8 Å². The fourth-order valence-electron chi connectivity index (χ4n) is 1.64. The van der Waals surface area contributed by atoms with E-state index in [1.165, 1.54) is 12.1 Å². The highest BCUT2D eigenvalue weighted by atomic mass is 79.9. The standard InChI is InChI=1S/C14H12BrFN2O2/c15-11-5-9(6-12(16)7-11)8-20-13-3-1-10(2-4-13)14(17)18-19/h1-7,19H,8H2,(H2,17,18). The molecule has 0 fully saturated rings. The van der Waals surface area contributed by atoms with E-state index in [2.05, 4.69) is 21.1 Å². The molecule has 0 heterocycles. The zero-order valence-electron chi connectivity index (χ0n) is 10.4. The zero-order chi connectivity index (χ0) is 14.5. The molecule has 0 aliphatic rings. The van der Waals surface area contributed by atoms with E-state index in [1.807, 2.05) is 0 Å². The molecule has 0 aliphatic heterocycles. The van der Waals surface area contributed by atoms with Crippen molar-refractivity contribution < 1.29 is 14.3 Å². The molecule has 0 atom stereocenters. The largest absolute Gasteiger partial charge is 0.489 e. The first-order valence-corrected chi connectivity index (χ1v) is 6.53. The molecule has 0 aliphatic carbocycles. The van der Waals surface area contributed by atoms with Gasteiger partial charge in [-0.1, -0.05) is 21.1 Å². The van der Waals surface area contributed by atoms with Crippen molar-refractivity contribution in [2.75, 3.05) is 0 Å². The van der Waals surface area contributed by atoms with E-state index in [4.69, 9.17) is 15.7 Å². The Morgan fingerprint density at radius 1 is 1.25 bits per heavy atom. The van der Waals surface area contributed by atoms with Gasteiger partial charge in [-0.05, 0) is 48.0 Å². The van der Waals surface area contributed by atoms with Crippen molar-refractivity contribution in [3.05, 3.63) is 63.9 Å². The lowest BCUT2D eigenvalue weighted by molar-refractivity contribution is 0.305. The van der Waals surface area contributed by atoms with Crippen LogP contribution in [0.2, 0.25) is 0 Å². The van der Waals surface area contributed by atoms with E-state index >= 15 is 0 Å². The van der Waals surface area contributed by atoms with E-state index in [9.17, 15) is 4.39 Å².